The molecule has 1 N–H and O–H groups in total. The van der Waals surface area contributed by atoms with Gasteiger partial charge >= 0.3 is 0 Å². The Balaban J connectivity index is 1.31. The van der Waals surface area contributed by atoms with E-state index in [1.54, 1.807) is 17.1 Å². The lowest BCUT2D eigenvalue weighted by Crippen LogP contribution is -2.56. The van der Waals surface area contributed by atoms with Gasteiger partial charge in [0.05, 0.1) is 33.0 Å². The van der Waals surface area contributed by atoms with Crippen LogP contribution in [0.1, 0.15) is 38.7 Å². The van der Waals surface area contributed by atoms with E-state index in [1.165, 1.54) is 0 Å². The highest BCUT2D eigenvalue weighted by Crippen LogP contribution is 2.54. The molecule has 1 spiro atoms. The van der Waals surface area contributed by atoms with E-state index < -0.39 is 6.04 Å². The van der Waals surface area contributed by atoms with E-state index in [4.69, 9.17) is 21.1 Å². The van der Waals surface area contributed by atoms with Gasteiger partial charge in [0.25, 0.3) is 5.91 Å². The molecule has 1 saturated carbocycles. The second-order valence-electron chi connectivity index (χ2n) is 10.8. The van der Waals surface area contributed by atoms with E-state index >= 15 is 0 Å². The first kappa shape index (κ1) is 25.8. The largest absolute Gasteiger partial charge is 0.378 e. The number of piperidine rings is 1. The summed E-state index contributed by atoms with van der Waals surface area (Å²) in [6.07, 6.45) is 2.95. The van der Waals surface area contributed by atoms with Crippen molar-refractivity contribution in [3.63, 3.8) is 0 Å². The van der Waals surface area contributed by atoms with Crippen molar-refractivity contribution in [1.29, 1.82) is 0 Å². The van der Waals surface area contributed by atoms with Crippen LogP contribution in [-0.2, 0) is 25.6 Å². The second kappa shape index (κ2) is 10.5. The highest BCUT2D eigenvalue weighted by atomic mass is 35.5. The van der Waals surface area contributed by atoms with Gasteiger partial charge in [0.2, 0.25) is 5.91 Å². The Labute approximate surface area is 222 Å². The molecule has 3 fully saturated rings. The number of hydrazone groups is 1. The van der Waals surface area contributed by atoms with Crippen LogP contribution in [0.2, 0.25) is 5.02 Å². The van der Waals surface area contributed by atoms with E-state index in [0.29, 0.717) is 56.8 Å². The summed E-state index contributed by atoms with van der Waals surface area (Å²) in [5.41, 5.74) is 1.40. The predicted molar refractivity (Wildman–Crippen MR) is 141 cm³/mol. The van der Waals surface area contributed by atoms with Crippen molar-refractivity contribution in [1.82, 2.24) is 15.2 Å². The Morgan fingerprint density at radius 1 is 1.17 bits per heavy atom. The number of carbonyl (C=O) groups excluding carboxylic acids is 2. The summed E-state index contributed by atoms with van der Waals surface area (Å²) in [4.78, 5) is 29.0. The van der Waals surface area contributed by atoms with Crippen LogP contribution in [-0.4, -0.2) is 89.0 Å². The molecule has 2 atom stereocenters. The van der Waals surface area contributed by atoms with Crippen molar-refractivity contribution in [2.45, 2.75) is 55.2 Å². The molecular formula is C26H35ClN4O4S. The first-order valence-corrected chi connectivity index (χ1v) is 14.0. The molecule has 2 bridgehead atoms. The number of benzene rings is 1. The van der Waals surface area contributed by atoms with Gasteiger partial charge in [0, 0.05) is 40.1 Å². The molecule has 5 rings (SSSR count). The smallest absolute Gasteiger partial charge is 0.268 e. The zero-order valence-electron chi connectivity index (χ0n) is 21.0. The molecule has 1 aromatic carbocycles. The fourth-order valence-electron chi connectivity index (χ4n) is 5.34. The highest BCUT2D eigenvalue weighted by molar-refractivity contribution is 8.02. The normalized spacial score (nSPS) is 27.8. The minimum atomic E-state index is -0.450. The molecule has 3 heterocycles. The number of thioether (sulfide) groups is 1. The lowest BCUT2D eigenvalue weighted by molar-refractivity contribution is -0.141. The number of ether oxygens (including phenoxy) is 2. The topological polar surface area (TPSA) is 83.5 Å². The standard InChI is InChI=1S/C26H35ClN4O4S/c1-25(2)17-35-14-13-34-12-11-31-22-20(7-10-30(24(22)33)16-26(36-25)8-9-26)21(29-31)23(32)28-15-18-3-5-19(27)6-4-18/h3-6,20,22H,7-17H2,1-2H3,(H,28,32). The summed E-state index contributed by atoms with van der Waals surface area (Å²) in [5, 5.41) is 10.1. The van der Waals surface area contributed by atoms with Gasteiger partial charge in [-0.25, -0.2) is 0 Å². The third-order valence-corrected chi connectivity index (χ3v) is 9.12. The molecule has 2 unspecified atom stereocenters. The van der Waals surface area contributed by atoms with Crippen molar-refractivity contribution < 1.29 is 19.1 Å². The van der Waals surface area contributed by atoms with E-state index in [9.17, 15) is 9.59 Å². The summed E-state index contributed by atoms with van der Waals surface area (Å²) in [6, 6.07) is 6.93. The lowest BCUT2D eigenvalue weighted by atomic mass is 9.87. The molecule has 10 heteroatoms. The summed E-state index contributed by atoms with van der Waals surface area (Å²) < 4.78 is 11.8. The Kier molecular flexibility index (Phi) is 7.54. The summed E-state index contributed by atoms with van der Waals surface area (Å²) >= 11 is 7.92. The number of hydrogen-bond donors (Lipinski definition) is 1. The average Bonchev–Trinajstić information content (AvgIpc) is 3.47. The molecule has 1 aromatic rings. The molecule has 3 aliphatic heterocycles. The van der Waals surface area contributed by atoms with Crippen LogP contribution in [0.25, 0.3) is 0 Å². The van der Waals surface area contributed by atoms with Crippen LogP contribution >= 0.6 is 23.4 Å². The molecule has 2 saturated heterocycles. The van der Waals surface area contributed by atoms with Crippen LogP contribution in [0.3, 0.4) is 0 Å². The van der Waals surface area contributed by atoms with E-state index in [2.05, 4.69) is 24.3 Å². The van der Waals surface area contributed by atoms with Crippen molar-refractivity contribution in [2.24, 2.45) is 11.0 Å². The predicted octanol–water partition coefficient (Wildman–Crippen LogP) is 2.94. The molecule has 8 nitrogen and oxygen atoms in total. The van der Waals surface area contributed by atoms with Gasteiger partial charge in [0.1, 0.15) is 11.8 Å². The maximum atomic E-state index is 13.8. The first-order chi connectivity index (χ1) is 17.3. The van der Waals surface area contributed by atoms with Crippen LogP contribution in [0.15, 0.2) is 29.4 Å². The summed E-state index contributed by atoms with van der Waals surface area (Å²) in [6.45, 7) is 8.77. The Bertz CT molecular complexity index is 1010. The Morgan fingerprint density at radius 3 is 2.67 bits per heavy atom. The van der Waals surface area contributed by atoms with Crippen LogP contribution in [0.4, 0.5) is 0 Å². The lowest BCUT2D eigenvalue weighted by Gasteiger charge is -2.40. The molecule has 196 valence electrons. The maximum absolute atomic E-state index is 13.8. The molecule has 4 aliphatic rings. The Hall–Kier alpha value is -1.81. The summed E-state index contributed by atoms with van der Waals surface area (Å²) in [5.74, 6) is -0.355. The third kappa shape index (κ3) is 5.85. The van der Waals surface area contributed by atoms with Gasteiger partial charge in [-0.3, -0.25) is 14.6 Å². The van der Waals surface area contributed by atoms with Crippen LogP contribution in [0.5, 0.6) is 0 Å². The highest BCUT2D eigenvalue weighted by Gasteiger charge is 2.53. The monoisotopic (exact) mass is 534 g/mol. The minimum Gasteiger partial charge on any atom is -0.378 e. The maximum Gasteiger partial charge on any atom is 0.268 e. The van der Waals surface area contributed by atoms with Gasteiger partial charge in [-0.1, -0.05) is 23.7 Å². The summed E-state index contributed by atoms with van der Waals surface area (Å²) in [7, 11) is 0. The Morgan fingerprint density at radius 2 is 1.92 bits per heavy atom. The molecule has 0 radical (unpaired) electrons. The van der Waals surface area contributed by atoms with Gasteiger partial charge in [-0.2, -0.15) is 5.10 Å². The van der Waals surface area contributed by atoms with Crippen LogP contribution < -0.4 is 5.32 Å². The van der Waals surface area contributed by atoms with Crippen LogP contribution in [0, 0.1) is 5.92 Å². The number of amides is 2. The van der Waals surface area contributed by atoms with Gasteiger partial charge in [-0.05, 0) is 50.8 Å². The minimum absolute atomic E-state index is 0.0318. The molecule has 2 amide bonds. The van der Waals surface area contributed by atoms with E-state index in [1.807, 2.05) is 28.8 Å². The van der Waals surface area contributed by atoms with E-state index in [0.717, 1.165) is 31.4 Å². The van der Waals surface area contributed by atoms with Crippen molar-refractivity contribution >= 4 is 40.9 Å². The van der Waals surface area contributed by atoms with E-state index in [-0.39, 0.29) is 27.2 Å². The average molecular weight is 535 g/mol. The van der Waals surface area contributed by atoms with Gasteiger partial charge in [0.15, 0.2) is 0 Å². The number of hydrogen-bond acceptors (Lipinski definition) is 7. The second-order valence-corrected chi connectivity index (χ2v) is 13.4. The fourth-order valence-corrected chi connectivity index (χ4v) is 7.31. The third-order valence-electron chi connectivity index (χ3n) is 7.23. The van der Waals surface area contributed by atoms with Crippen molar-refractivity contribution in [3.8, 4) is 0 Å². The number of carbonyl (C=O) groups is 2. The van der Waals surface area contributed by atoms with Crippen molar-refractivity contribution in [2.75, 3.05) is 46.1 Å². The number of fused-ring (bicyclic) bond motifs is 1. The first-order valence-electron chi connectivity index (χ1n) is 12.8. The molecular weight excluding hydrogens is 500 g/mol. The van der Waals surface area contributed by atoms with Gasteiger partial charge in [-0.15, -0.1) is 11.8 Å². The SMILES string of the molecule is CC1(C)COCCOCCN2N=C(C(=O)NCc3ccc(Cl)cc3)C3CCN(CC4(CC4)S1)C(=O)C32. The zero-order chi connectivity index (χ0) is 25.3. The number of nitrogens with zero attached hydrogens (tertiary/aromatic N) is 3. The molecule has 36 heavy (non-hydrogen) atoms. The van der Waals surface area contributed by atoms with Crippen molar-refractivity contribution in [3.05, 3.63) is 34.9 Å². The number of halogens is 1. The zero-order valence-corrected chi connectivity index (χ0v) is 22.6. The number of nitrogens with one attached hydrogen (secondary N) is 1. The quantitative estimate of drug-likeness (QED) is 0.642. The fraction of sp³-hybridized carbons (Fsp3) is 0.654. The molecule has 0 aromatic heterocycles. The number of rotatable bonds is 3. The van der Waals surface area contributed by atoms with Gasteiger partial charge < -0.3 is 19.7 Å². The molecule has 1 aliphatic carbocycles.